The maximum Gasteiger partial charge on any atom is 0.0890 e. The fourth-order valence-corrected chi connectivity index (χ4v) is 5.75. The van der Waals surface area contributed by atoms with Crippen LogP contribution in [0.2, 0.25) is 0 Å². The molecule has 1 aliphatic carbocycles. The minimum Gasteiger partial charge on any atom is -0.374 e. The van der Waals surface area contributed by atoms with E-state index >= 15 is 0 Å². The van der Waals surface area contributed by atoms with E-state index in [1.807, 2.05) is 0 Å². The molecule has 26 heavy (non-hydrogen) atoms. The second-order valence-corrected chi connectivity index (χ2v) is 8.35. The van der Waals surface area contributed by atoms with Crippen LogP contribution in [0.15, 0.2) is 54.6 Å². The van der Waals surface area contributed by atoms with Crippen molar-refractivity contribution in [3.63, 3.8) is 0 Å². The Morgan fingerprint density at radius 3 is 2.27 bits per heavy atom. The van der Waals surface area contributed by atoms with Gasteiger partial charge in [-0.05, 0) is 37.3 Å². The molecule has 3 fully saturated rings. The minimum absolute atomic E-state index is 0.00651. The Kier molecular flexibility index (Phi) is 4.14. The zero-order valence-electron chi connectivity index (χ0n) is 15.6. The molecule has 0 N–H and O–H groups in total. The molecular weight excluding hydrogens is 320 g/mol. The Bertz CT molecular complexity index is 754. The third-order valence-corrected chi connectivity index (χ3v) is 6.95. The highest BCUT2D eigenvalue weighted by atomic mass is 16.5. The summed E-state index contributed by atoms with van der Waals surface area (Å²) in [5.74, 6) is 0.961. The van der Waals surface area contributed by atoms with Gasteiger partial charge in [-0.25, -0.2) is 0 Å². The van der Waals surface area contributed by atoms with Crippen molar-refractivity contribution in [1.29, 1.82) is 0 Å². The first-order valence-corrected chi connectivity index (χ1v) is 10.2. The molecule has 2 saturated heterocycles. The normalized spacial score (nSPS) is 36.3. The van der Waals surface area contributed by atoms with Crippen molar-refractivity contribution in [1.82, 2.24) is 0 Å². The predicted molar refractivity (Wildman–Crippen MR) is 103 cm³/mol. The first-order chi connectivity index (χ1) is 12.8. The highest BCUT2D eigenvalue weighted by Crippen LogP contribution is 2.61. The summed E-state index contributed by atoms with van der Waals surface area (Å²) in [5, 5.41) is 0. The molecule has 2 aliphatic heterocycles. The smallest absolute Gasteiger partial charge is 0.0890 e. The van der Waals surface area contributed by atoms with Gasteiger partial charge < -0.3 is 9.47 Å². The molecule has 0 radical (unpaired) electrons. The average molecular weight is 348 g/mol. The summed E-state index contributed by atoms with van der Waals surface area (Å²) in [6.07, 6.45) is 6.39. The zero-order chi connectivity index (χ0) is 17.6. The minimum atomic E-state index is 0.00651. The second-order valence-electron chi connectivity index (χ2n) is 8.35. The van der Waals surface area contributed by atoms with Crippen molar-refractivity contribution in [2.24, 2.45) is 11.8 Å². The van der Waals surface area contributed by atoms with Gasteiger partial charge in [0, 0.05) is 18.4 Å². The van der Waals surface area contributed by atoms with Crippen LogP contribution in [0.5, 0.6) is 0 Å². The Balaban J connectivity index is 1.59. The van der Waals surface area contributed by atoms with Crippen LogP contribution in [0.3, 0.4) is 0 Å². The van der Waals surface area contributed by atoms with E-state index in [4.69, 9.17) is 9.47 Å². The van der Waals surface area contributed by atoms with Gasteiger partial charge in [-0.3, -0.25) is 0 Å². The van der Waals surface area contributed by atoms with Crippen molar-refractivity contribution in [2.45, 2.75) is 56.8 Å². The number of rotatable bonds is 2. The molecule has 3 aliphatic rings. The average Bonchev–Trinajstić information content (AvgIpc) is 3.11. The summed E-state index contributed by atoms with van der Waals surface area (Å²) >= 11 is 0. The molecule has 0 aromatic heterocycles. The summed E-state index contributed by atoms with van der Waals surface area (Å²) in [5.41, 5.74) is 3.94. The van der Waals surface area contributed by atoms with Crippen LogP contribution in [-0.2, 0) is 9.47 Å². The van der Waals surface area contributed by atoms with Gasteiger partial charge in [-0.2, -0.15) is 0 Å². The molecule has 1 spiro atoms. The molecule has 5 rings (SSSR count). The molecule has 0 amide bonds. The van der Waals surface area contributed by atoms with E-state index in [0.717, 1.165) is 13.0 Å². The van der Waals surface area contributed by atoms with E-state index in [1.54, 1.807) is 0 Å². The van der Waals surface area contributed by atoms with Gasteiger partial charge >= 0.3 is 0 Å². The lowest BCUT2D eigenvalue weighted by atomic mass is 9.61. The van der Waals surface area contributed by atoms with Crippen molar-refractivity contribution >= 4 is 0 Å². The van der Waals surface area contributed by atoms with Gasteiger partial charge in [0.2, 0.25) is 0 Å². The van der Waals surface area contributed by atoms with Crippen LogP contribution >= 0.6 is 0 Å². The third-order valence-electron chi connectivity index (χ3n) is 6.95. The quantitative estimate of drug-likeness (QED) is 0.685. The van der Waals surface area contributed by atoms with Crippen LogP contribution in [-0.4, -0.2) is 12.2 Å². The van der Waals surface area contributed by atoms with E-state index in [1.165, 1.54) is 42.4 Å². The lowest BCUT2D eigenvalue weighted by Gasteiger charge is -2.54. The lowest BCUT2D eigenvalue weighted by molar-refractivity contribution is -0.229. The fourth-order valence-electron chi connectivity index (χ4n) is 5.75. The molecular formula is C24H28O2. The highest BCUT2D eigenvalue weighted by molar-refractivity contribution is 5.28. The fraction of sp³-hybridized carbons (Fsp3) is 0.500. The molecule has 2 aromatic carbocycles. The van der Waals surface area contributed by atoms with Crippen molar-refractivity contribution in [3.8, 4) is 0 Å². The van der Waals surface area contributed by atoms with Crippen LogP contribution in [0.1, 0.15) is 61.0 Å². The Labute approximate surface area is 156 Å². The van der Waals surface area contributed by atoms with E-state index in [9.17, 15) is 0 Å². The molecule has 1 saturated carbocycles. The van der Waals surface area contributed by atoms with Gasteiger partial charge in [-0.1, -0.05) is 73.0 Å². The summed E-state index contributed by atoms with van der Waals surface area (Å²) < 4.78 is 13.5. The monoisotopic (exact) mass is 348 g/mol. The summed E-state index contributed by atoms with van der Waals surface area (Å²) in [7, 11) is 0. The maximum absolute atomic E-state index is 6.90. The van der Waals surface area contributed by atoms with Crippen molar-refractivity contribution in [2.75, 3.05) is 6.61 Å². The van der Waals surface area contributed by atoms with Crippen molar-refractivity contribution < 1.29 is 9.47 Å². The van der Waals surface area contributed by atoms with Gasteiger partial charge in [0.05, 0.1) is 17.8 Å². The molecule has 2 heterocycles. The highest BCUT2D eigenvalue weighted by Gasteiger charge is 2.60. The molecule has 0 bridgehead atoms. The number of benzene rings is 2. The number of ether oxygens (including phenoxy) is 2. The lowest BCUT2D eigenvalue weighted by Crippen LogP contribution is -2.54. The summed E-state index contributed by atoms with van der Waals surface area (Å²) in [4.78, 5) is 0. The molecule has 136 valence electrons. The Morgan fingerprint density at radius 1 is 0.808 bits per heavy atom. The predicted octanol–water partition coefficient (Wildman–Crippen LogP) is 5.77. The third kappa shape index (κ3) is 2.54. The van der Waals surface area contributed by atoms with Gasteiger partial charge in [0.25, 0.3) is 0 Å². The molecule has 0 unspecified atom stereocenters. The SMILES string of the molecule is Cc1ccc([C@@H]2O[C@H](c3ccccc3)[C@@H]3CCO[C@]34CCCC[C@@H]24)cc1. The van der Waals surface area contributed by atoms with Crippen LogP contribution in [0.25, 0.3) is 0 Å². The summed E-state index contributed by atoms with van der Waals surface area (Å²) in [6.45, 7) is 3.03. The number of aryl methyl sites for hydroxylation is 1. The van der Waals surface area contributed by atoms with Gasteiger partial charge in [0.1, 0.15) is 0 Å². The Morgan fingerprint density at radius 2 is 1.50 bits per heavy atom. The molecule has 5 atom stereocenters. The van der Waals surface area contributed by atoms with Crippen LogP contribution in [0.4, 0.5) is 0 Å². The standard InChI is InChI=1S/C24H28O2/c1-17-10-12-19(13-11-17)23-20-9-5-6-15-24(20)21(14-16-25-24)22(26-23)18-7-3-2-4-8-18/h2-4,7-8,10-13,20-23H,5-6,9,14-16H2,1H3/t20-,21-,22+,23-,24-/m0/s1. The largest absolute Gasteiger partial charge is 0.374 e. The molecule has 2 aromatic rings. The van der Waals surface area contributed by atoms with E-state index in [-0.39, 0.29) is 17.8 Å². The summed E-state index contributed by atoms with van der Waals surface area (Å²) in [6, 6.07) is 19.8. The molecule has 2 nitrogen and oxygen atoms in total. The maximum atomic E-state index is 6.90. The van der Waals surface area contributed by atoms with E-state index < -0.39 is 0 Å². The first kappa shape index (κ1) is 16.5. The van der Waals surface area contributed by atoms with Gasteiger partial charge in [-0.15, -0.1) is 0 Å². The van der Waals surface area contributed by atoms with E-state index in [2.05, 4.69) is 61.5 Å². The topological polar surface area (TPSA) is 18.5 Å². The van der Waals surface area contributed by atoms with Crippen molar-refractivity contribution in [3.05, 3.63) is 71.3 Å². The zero-order valence-corrected chi connectivity index (χ0v) is 15.6. The van der Waals surface area contributed by atoms with Gasteiger partial charge in [0.15, 0.2) is 0 Å². The number of hydrogen-bond donors (Lipinski definition) is 0. The first-order valence-electron chi connectivity index (χ1n) is 10.2. The van der Waals surface area contributed by atoms with Crippen LogP contribution < -0.4 is 0 Å². The number of hydrogen-bond acceptors (Lipinski definition) is 2. The molecule has 2 heteroatoms. The Hall–Kier alpha value is -1.64. The van der Waals surface area contributed by atoms with E-state index in [0.29, 0.717) is 11.8 Å². The second kappa shape index (κ2) is 6.51. The van der Waals surface area contributed by atoms with Crippen LogP contribution in [0, 0.1) is 18.8 Å².